The third-order valence-corrected chi connectivity index (χ3v) is 5.78. The number of amides is 1. The van der Waals surface area contributed by atoms with Crippen molar-refractivity contribution < 1.29 is 9.53 Å². The number of nitrogens with one attached hydrogen (secondary N) is 1. The molecule has 5 rings (SSSR count). The molecule has 1 amide bonds. The van der Waals surface area contributed by atoms with Crippen molar-refractivity contribution in [2.24, 2.45) is 0 Å². The lowest BCUT2D eigenvalue weighted by Crippen LogP contribution is -2.44. The molecule has 2 aliphatic heterocycles. The van der Waals surface area contributed by atoms with Crippen LogP contribution in [-0.4, -0.2) is 44.7 Å². The maximum Gasteiger partial charge on any atom is 0.276 e. The van der Waals surface area contributed by atoms with Crippen LogP contribution >= 0.6 is 11.6 Å². The van der Waals surface area contributed by atoms with E-state index in [1.165, 1.54) is 4.52 Å². The largest absolute Gasteiger partial charge is 0.368 e. The van der Waals surface area contributed by atoms with Crippen molar-refractivity contribution in [3.05, 3.63) is 57.0 Å². The summed E-state index contributed by atoms with van der Waals surface area (Å²) >= 11 is 6.29. The highest BCUT2D eigenvalue weighted by Crippen LogP contribution is 2.27. The van der Waals surface area contributed by atoms with Crippen molar-refractivity contribution in [2.45, 2.75) is 31.9 Å². The molecule has 0 radical (unpaired) electrons. The van der Waals surface area contributed by atoms with E-state index in [4.69, 9.17) is 16.3 Å². The number of benzene rings is 1. The van der Waals surface area contributed by atoms with Crippen LogP contribution < -0.4 is 5.56 Å². The fraction of sp³-hybridized carbons (Fsp3) is 0.350. The van der Waals surface area contributed by atoms with Crippen molar-refractivity contribution in [3.63, 3.8) is 0 Å². The van der Waals surface area contributed by atoms with E-state index in [0.29, 0.717) is 48.0 Å². The molecular weight excluding hydrogens is 380 g/mol. The van der Waals surface area contributed by atoms with Crippen LogP contribution in [0.25, 0.3) is 16.9 Å². The summed E-state index contributed by atoms with van der Waals surface area (Å²) in [4.78, 5) is 32.0. The second-order valence-corrected chi connectivity index (χ2v) is 7.60. The summed E-state index contributed by atoms with van der Waals surface area (Å²) in [6.45, 7) is 1.48. The molecule has 2 aromatic heterocycles. The molecule has 1 unspecified atom stereocenters. The smallest absolute Gasteiger partial charge is 0.276 e. The number of hydrogen-bond acceptors (Lipinski definition) is 4. The van der Waals surface area contributed by atoms with Gasteiger partial charge in [-0.25, -0.2) is 9.50 Å². The van der Waals surface area contributed by atoms with Crippen molar-refractivity contribution in [1.82, 2.24) is 19.5 Å². The minimum atomic E-state index is -0.356. The van der Waals surface area contributed by atoms with E-state index < -0.39 is 0 Å². The maximum atomic E-state index is 13.0. The van der Waals surface area contributed by atoms with E-state index in [1.54, 1.807) is 11.0 Å². The van der Waals surface area contributed by atoms with Gasteiger partial charge in [0, 0.05) is 35.4 Å². The van der Waals surface area contributed by atoms with Gasteiger partial charge in [0.15, 0.2) is 5.65 Å². The number of ether oxygens (including phenoxy) is 1. The molecule has 8 heteroatoms. The number of rotatable bonds is 2. The Labute approximate surface area is 165 Å². The van der Waals surface area contributed by atoms with Gasteiger partial charge >= 0.3 is 0 Å². The van der Waals surface area contributed by atoms with E-state index in [9.17, 15) is 9.59 Å². The van der Waals surface area contributed by atoms with E-state index in [1.807, 2.05) is 24.3 Å². The Morgan fingerprint density at radius 1 is 1.32 bits per heavy atom. The van der Waals surface area contributed by atoms with E-state index in [2.05, 4.69) is 10.1 Å². The molecule has 0 aliphatic carbocycles. The highest BCUT2D eigenvalue weighted by Gasteiger charge is 2.32. The Hall–Kier alpha value is -2.64. The number of H-pyrrole nitrogens is 1. The van der Waals surface area contributed by atoms with E-state index in [-0.39, 0.29) is 17.6 Å². The van der Waals surface area contributed by atoms with Gasteiger partial charge in [0.2, 0.25) is 0 Å². The monoisotopic (exact) mass is 398 g/mol. The molecular formula is C20H19ClN4O3. The van der Waals surface area contributed by atoms with Crippen molar-refractivity contribution in [3.8, 4) is 11.3 Å². The molecule has 1 fully saturated rings. The third kappa shape index (κ3) is 2.82. The third-order valence-electron chi connectivity index (χ3n) is 5.45. The van der Waals surface area contributed by atoms with Gasteiger partial charge in [-0.2, -0.15) is 0 Å². The number of carbonyl (C=O) groups is 1. The average molecular weight is 399 g/mol. The molecule has 144 valence electrons. The highest BCUT2D eigenvalue weighted by molar-refractivity contribution is 6.33. The Morgan fingerprint density at radius 2 is 2.18 bits per heavy atom. The van der Waals surface area contributed by atoms with Gasteiger partial charge in [-0.3, -0.25) is 14.7 Å². The molecule has 7 nitrogen and oxygen atoms in total. The van der Waals surface area contributed by atoms with Gasteiger partial charge < -0.3 is 9.64 Å². The number of nitrogens with zero attached hydrogens (tertiary/aromatic N) is 3. The van der Waals surface area contributed by atoms with Crippen LogP contribution in [-0.2, 0) is 22.5 Å². The summed E-state index contributed by atoms with van der Waals surface area (Å²) in [5, 5.41) is 3.70. The van der Waals surface area contributed by atoms with Crippen LogP contribution in [0.15, 0.2) is 35.1 Å². The summed E-state index contributed by atoms with van der Waals surface area (Å²) in [5.74, 6) is -0.00373. The first-order chi connectivity index (χ1) is 13.6. The normalized spacial score (nSPS) is 19.2. The number of aromatic amines is 1. The van der Waals surface area contributed by atoms with E-state index in [0.717, 1.165) is 24.1 Å². The number of fused-ring (bicyclic) bond motifs is 2. The number of carbonyl (C=O) groups excluding carboxylic acids is 1. The molecule has 28 heavy (non-hydrogen) atoms. The van der Waals surface area contributed by atoms with Crippen LogP contribution in [0.1, 0.15) is 24.1 Å². The number of aromatic nitrogens is 3. The Morgan fingerprint density at radius 3 is 2.96 bits per heavy atom. The first-order valence-electron chi connectivity index (χ1n) is 9.40. The summed E-state index contributed by atoms with van der Waals surface area (Å²) in [5.41, 5.74) is 3.24. The lowest BCUT2D eigenvalue weighted by molar-refractivity contribution is -0.141. The van der Waals surface area contributed by atoms with Crippen LogP contribution in [0.4, 0.5) is 0 Å². The van der Waals surface area contributed by atoms with Crippen molar-refractivity contribution in [1.29, 1.82) is 0 Å². The van der Waals surface area contributed by atoms with Crippen LogP contribution in [0.2, 0.25) is 5.02 Å². The lowest BCUT2D eigenvalue weighted by atomic mass is 10.1. The van der Waals surface area contributed by atoms with Gasteiger partial charge in [0.1, 0.15) is 6.10 Å². The summed E-state index contributed by atoms with van der Waals surface area (Å²) in [6, 6.07) is 9.25. The molecule has 1 aromatic carbocycles. The Balaban J connectivity index is 1.52. The zero-order valence-electron chi connectivity index (χ0n) is 15.2. The van der Waals surface area contributed by atoms with Gasteiger partial charge in [-0.05, 0) is 25.3 Å². The second-order valence-electron chi connectivity index (χ2n) is 7.20. The predicted molar refractivity (Wildman–Crippen MR) is 104 cm³/mol. The summed E-state index contributed by atoms with van der Waals surface area (Å²) < 4.78 is 6.97. The topological polar surface area (TPSA) is 79.7 Å². The summed E-state index contributed by atoms with van der Waals surface area (Å²) in [6.07, 6.45) is 1.81. The molecule has 1 saturated heterocycles. The molecule has 4 heterocycles. The quantitative estimate of drug-likeness (QED) is 0.718. The Kier molecular flexibility index (Phi) is 4.21. The number of hydrogen-bond donors (Lipinski definition) is 1. The van der Waals surface area contributed by atoms with Crippen LogP contribution in [0.3, 0.4) is 0 Å². The van der Waals surface area contributed by atoms with Gasteiger partial charge in [-0.15, -0.1) is 0 Å². The minimum Gasteiger partial charge on any atom is -0.368 e. The van der Waals surface area contributed by atoms with Crippen molar-refractivity contribution >= 4 is 23.2 Å². The fourth-order valence-electron chi connectivity index (χ4n) is 3.98. The first-order valence-corrected chi connectivity index (χ1v) is 9.78. The number of halogens is 1. The zero-order chi connectivity index (χ0) is 19.3. The molecule has 2 aliphatic rings. The fourth-order valence-corrected chi connectivity index (χ4v) is 4.21. The molecule has 0 saturated carbocycles. The van der Waals surface area contributed by atoms with Crippen LogP contribution in [0, 0.1) is 0 Å². The molecule has 0 bridgehead atoms. The van der Waals surface area contributed by atoms with E-state index >= 15 is 0 Å². The minimum absolute atomic E-state index is 0.00373. The maximum absolute atomic E-state index is 13.0. The predicted octanol–water partition coefficient (Wildman–Crippen LogP) is 2.41. The molecule has 3 aromatic rings. The standard InChI is InChI=1S/C20H19ClN4O3/c21-14-5-2-1-4-12(14)15-10-18-22-16-11-24(20(27)17-6-3-9-28-17)8-7-13(16)19(26)25(18)23-15/h1-2,4-5,10,17,23H,3,6-9,11H2. The average Bonchev–Trinajstić information content (AvgIpc) is 3.37. The highest BCUT2D eigenvalue weighted by atomic mass is 35.5. The molecule has 1 atom stereocenters. The second kappa shape index (κ2) is 6.76. The zero-order valence-corrected chi connectivity index (χ0v) is 15.9. The molecule has 0 spiro atoms. The van der Waals surface area contributed by atoms with Gasteiger partial charge in [0.05, 0.1) is 17.9 Å². The molecule has 1 N–H and O–H groups in total. The van der Waals surface area contributed by atoms with Gasteiger partial charge in [0.25, 0.3) is 11.5 Å². The Bertz CT molecular complexity index is 1130. The lowest BCUT2D eigenvalue weighted by Gasteiger charge is -2.29. The summed E-state index contributed by atoms with van der Waals surface area (Å²) in [7, 11) is 0. The van der Waals surface area contributed by atoms with Gasteiger partial charge in [-0.1, -0.05) is 29.8 Å². The van der Waals surface area contributed by atoms with Crippen LogP contribution in [0.5, 0.6) is 0 Å². The first kappa shape index (κ1) is 17.5. The van der Waals surface area contributed by atoms with Crippen molar-refractivity contribution in [2.75, 3.05) is 13.2 Å². The SMILES string of the molecule is O=C(C1CCCO1)N1CCc2c(nc3cc(-c4ccccc4Cl)[nH]n3c2=O)C1.